The largest absolute Gasteiger partial charge is 0.310 e. The summed E-state index contributed by atoms with van der Waals surface area (Å²) in [6, 6.07) is 9.93. The van der Waals surface area contributed by atoms with Crippen molar-refractivity contribution in [3.63, 3.8) is 0 Å². The first-order chi connectivity index (χ1) is 9.35. The van der Waals surface area contributed by atoms with Crippen LogP contribution in [0.25, 0.3) is 0 Å². The minimum Gasteiger partial charge on any atom is -0.310 e. The molecule has 2 aliphatic carbocycles. The summed E-state index contributed by atoms with van der Waals surface area (Å²) in [5.41, 5.74) is 3.04. The van der Waals surface area contributed by atoms with Crippen LogP contribution in [-0.4, -0.2) is 6.54 Å². The number of hydrogen-bond donors (Lipinski definition) is 1. The fourth-order valence-electron chi connectivity index (χ4n) is 4.30. The van der Waals surface area contributed by atoms with E-state index in [2.05, 4.69) is 43.4 Å². The van der Waals surface area contributed by atoms with Crippen molar-refractivity contribution in [3.05, 3.63) is 35.4 Å². The Labute approximate surface area is 117 Å². The van der Waals surface area contributed by atoms with Gasteiger partial charge in [0, 0.05) is 6.04 Å². The van der Waals surface area contributed by atoms with Gasteiger partial charge in [-0.2, -0.15) is 0 Å². The molecule has 2 fully saturated rings. The minimum absolute atomic E-state index is 0.608. The summed E-state index contributed by atoms with van der Waals surface area (Å²) in [5, 5.41) is 3.76. The predicted octanol–water partition coefficient (Wildman–Crippen LogP) is 4.34. The van der Waals surface area contributed by atoms with Crippen molar-refractivity contribution in [1.82, 2.24) is 5.32 Å². The molecule has 19 heavy (non-hydrogen) atoms. The van der Waals surface area contributed by atoms with Gasteiger partial charge in [0.15, 0.2) is 0 Å². The number of benzene rings is 1. The highest BCUT2D eigenvalue weighted by atomic mass is 14.9. The van der Waals surface area contributed by atoms with E-state index in [0.29, 0.717) is 6.04 Å². The zero-order valence-electron chi connectivity index (χ0n) is 12.4. The summed E-state index contributed by atoms with van der Waals surface area (Å²) in [5.74, 6) is 2.98. The smallest absolute Gasteiger partial charge is 0.0354 e. The molecular weight excluding hydrogens is 230 g/mol. The van der Waals surface area contributed by atoms with Gasteiger partial charge < -0.3 is 5.32 Å². The maximum atomic E-state index is 3.76. The van der Waals surface area contributed by atoms with Crippen LogP contribution in [0.4, 0.5) is 0 Å². The lowest BCUT2D eigenvalue weighted by Gasteiger charge is -2.21. The van der Waals surface area contributed by atoms with E-state index < -0.39 is 0 Å². The van der Waals surface area contributed by atoms with Crippen LogP contribution >= 0.6 is 0 Å². The summed E-state index contributed by atoms with van der Waals surface area (Å²) in [6.07, 6.45) is 6.88. The quantitative estimate of drug-likeness (QED) is 0.799. The zero-order valence-corrected chi connectivity index (χ0v) is 12.4. The first kappa shape index (κ1) is 13.2. The Balaban J connectivity index is 1.78. The Hall–Kier alpha value is -0.820. The Morgan fingerprint density at radius 3 is 2.68 bits per heavy atom. The van der Waals surface area contributed by atoms with Gasteiger partial charge in [-0.05, 0) is 54.7 Å². The minimum atomic E-state index is 0.608. The number of hydrogen-bond acceptors (Lipinski definition) is 1. The molecule has 0 spiro atoms. The highest BCUT2D eigenvalue weighted by Crippen LogP contribution is 2.62. The fraction of sp³-hybridized carbons (Fsp3) is 0.667. The van der Waals surface area contributed by atoms with Gasteiger partial charge in [-0.25, -0.2) is 0 Å². The van der Waals surface area contributed by atoms with E-state index >= 15 is 0 Å². The molecule has 0 saturated heterocycles. The molecule has 2 saturated carbocycles. The van der Waals surface area contributed by atoms with E-state index in [0.717, 1.165) is 24.3 Å². The monoisotopic (exact) mass is 257 g/mol. The lowest BCUT2D eigenvalue weighted by molar-refractivity contribution is 0.425. The van der Waals surface area contributed by atoms with Gasteiger partial charge in [0.05, 0.1) is 0 Å². The van der Waals surface area contributed by atoms with Gasteiger partial charge in [0.2, 0.25) is 0 Å². The third-order valence-electron chi connectivity index (χ3n) is 5.13. The van der Waals surface area contributed by atoms with E-state index in [1.54, 1.807) is 0 Å². The molecule has 0 bridgehead atoms. The van der Waals surface area contributed by atoms with Crippen molar-refractivity contribution in [1.29, 1.82) is 0 Å². The van der Waals surface area contributed by atoms with Crippen molar-refractivity contribution in [2.45, 2.75) is 52.0 Å². The van der Waals surface area contributed by atoms with Crippen molar-refractivity contribution in [3.8, 4) is 0 Å². The maximum Gasteiger partial charge on any atom is 0.0354 e. The molecule has 1 aromatic carbocycles. The Morgan fingerprint density at radius 2 is 2.00 bits per heavy atom. The molecule has 0 radical (unpaired) electrons. The molecule has 1 nitrogen and oxygen atoms in total. The highest BCUT2D eigenvalue weighted by molar-refractivity contribution is 5.29. The summed E-state index contributed by atoms with van der Waals surface area (Å²) in [4.78, 5) is 0. The Morgan fingerprint density at radius 1 is 1.21 bits per heavy atom. The van der Waals surface area contributed by atoms with E-state index in [1.807, 2.05) is 0 Å². The third kappa shape index (κ3) is 2.58. The first-order valence-electron chi connectivity index (χ1n) is 8.17. The first-order valence-corrected chi connectivity index (χ1v) is 8.17. The highest BCUT2D eigenvalue weighted by Gasteiger charge is 2.55. The van der Waals surface area contributed by atoms with Crippen LogP contribution in [0.15, 0.2) is 24.3 Å². The Kier molecular flexibility index (Phi) is 3.93. The molecule has 0 aliphatic heterocycles. The molecule has 3 unspecified atom stereocenters. The van der Waals surface area contributed by atoms with Gasteiger partial charge in [0.1, 0.15) is 0 Å². The molecule has 1 heteroatoms. The molecule has 104 valence electrons. The zero-order chi connectivity index (χ0) is 13.2. The second-order valence-corrected chi connectivity index (χ2v) is 6.37. The molecule has 1 aromatic rings. The van der Waals surface area contributed by atoms with E-state index in [-0.39, 0.29) is 0 Å². The van der Waals surface area contributed by atoms with Gasteiger partial charge in [-0.3, -0.25) is 0 Å². The van der Waals surface area contributed by atoms with Crippen LogP contribution < -0.4 is 5.32 Å². The maximum absolute atomic E-state index is 3.76. The molecule has 0 amide bonds. The molecule has 0 aromatic heterocycles. The van der Waals surface area contributed by atoms with Gasteiger partial charge in [0.25, 0.3) is 0 Å². The van der Waals surface area contributed by atoms with E-state index in [1.165, 1.54) is 43.2 Å². The average Bonchev–Trinajstić information content (AvgIpc) is 2.88. The lowest BCUT2D eigenvalue weighted by Crippen LogP contribution is -2.24. The standard InChI is InChI=1S/C18H27N/c1-3-7-13-8-5-9-14(12-13)18(19-4-2)17-15-10-6-11-16(15)17/h5,8-9,12,15-19H,3-4,6-7,10-11H2,1-2H3. The fourth-order valence-corrected chi connectivity index (χ4v) is 4.30. The Bertz CT molecular complexity index is 415. The van der Waals surface area contributed by atoms with E-state index in [9.17, 15) is 0 Å². The van der Waals surface area contributed by atoms with Crippen LogP contribution in [0.2, 0.25) is 0 Å². The number of rotatable bonds is 6. The van der Waals surface area contributed by atoms with Crippen molar-refractivity contribution >= 4 is 0 Å². The summed E-state index contributed by atoms with van der Waals surface area (Å²) in [6.45, 7) is 5.58. The number of nitrogens with one attached hydrogen (secondary N) is 1. The van der Waals surface area contributed by atoms with Crippen molar-refractivity contribution in [2.24, 2.45) is 17.8 Å². The summed E-state index contributed by atoms with van der Waals surface area (Å²) in [7, 11) is 0. The van der Waals surface area contributed by atoms with Crippen LogP contribution in [0.3, 0.4) is 0 Å². The van der Waals surface area contributed by atoms with Gasteiger partial charge in [-0.15, -0.1) is 0 Å². The van der Waals surface area contributed by atoms with Crippen molar-refractivity contribution in [2.75, 3.05) is 6.54 Å². The second-order valence-electron chi connectivity index (χ2n) is 6.37. The topological polar surface area (TPSA) is 12.0 Å². The van der Waals surface area contributed by atoms with Crippen LogP contribution in [-0.2, 0) is 6.42 Å². The molecule has 3 rings (SSSR count). The number of fused-ring (bicyclic) bond motifs is 1. The average molecular weight is 257 g/mol. The molecule has 0 heterocycles. The normalized spacial score (nSPS) is 30.1. The second kappa shape index (κ2) is 5.66. The SMILES string of the molecule is CCCc1cccc(C(NCC)C2C3CCCC32)c1. The van der Waals surface area contributed by atoms with Crippen LogP contribution in [0.5, 0.6) is 0 Å². The van der Waals surface area contributed by atoms with Crippen LogP contribution in [0.1, 0.15) is 56.7 Å². The van der Waals surface area contributed by atoms with Crippen LogP contribution in [0, 0.1) is 17.8 Å². The summed E-state index contributed by atoms with van der Waals surface area (Å²) < 4.78 is 0. The molecule has 1 N–H and O–H groups in total. The molecule has 2 aliphatic rings. The van der Waals surface area contributed by atoms with E-state index in [4.69, 9.17) is 0 Å². The van der Waals surface area contributed by atoms with Gasteiger partial charge in [-0.1, -0.05) is 51.0 Å². The summed E-state index contributed by atoms with van der Waals surface area (Å²) >= 11 is 0. The lowest BCUT2D eigenvalue weighted by atomic mass is 9.94. The predicted molar refractivity (Wildman–Crippen MR) is 81.2 cm³/mol. The van der Waals surface area contributed by atoms with Crippen molar-refractivity contribution < 1.29 is 0 Å². The number of aryl methyl sites for hydroxylation is 1. The third-order valence-corrected chi connectivity index (χ3v) is 5.13. The molecule has 3 atom stereocenters. The molecular formula is C18H27N. The van der Waals surface area contributed by atoms with Gasteiger partial charge >= 0.3 is 0 Å².